The van der Waals surface area contributed by atoms with Crippen molar-refractivity contribution in [3.05, 3.63) is 95.9 Å². The number of carbonyl (C=O) groups excluding carboxylic acids is 1. The third-order valence-electron chi connectivity index (χ3n) is 6.13. The average molecular weight is 441 g/mol. The fraction of sp³-hybridized carbons (Fsp3) is 0.259. The van der Waals surface area contributed by atoms with Gasteiger partial charge in [-0.1, -0.05) is 42.5 Å². The minimum atomic E-state index is -0.108. The summed E-state index contributed by atoms with van der Waals surface area (Å²) in [4.78, 5) is 15.8. The Morgan fingerprint density at radius 3 is 2.58 bits per heavy atom. The molecule has 0 unspecified atom stereocenters. The first-order valence-electron chi connectivity index (χ1n) is 11.4. The molecule has 0 bridgehead atoms. The Kier molecular flexibility index (Phi) is 6.09. The van der Waals surface area contributed by atoms with E-state index in [2.05, 4.69) is 34.5 Å². The first kappa shape index (κ1) is 21.2. The molecule has 3 heterocycles. The van der Waals surface area contributed by atoms with Gasteiger partial charge in [-0.15, -0.1) is 0 Å². The third-order valence-corrected chi connectivity index (χ3v) is 6.13. The summed E-state index contributed by atoms with van der Waals surface area (Å²) in [7, 11) is 0. The van der Waals surface area contributed by atoms with E-state index < -0.39 is 0 Å². The van der Waals surface area contributed by atoms with Crippen molar-refractivity contribution in [1.29, 1.82) is 0 Å². The van der Waals surface area contributed by atoms with E-state index in [4.69, 9.17) is 9.52 Å². The van der Waals surface area contributed by atoms with Gasteiger partial charge in [0.25, 0.3) is 5.91 Å². The highest BCUT2D eigenvalue weighted by Crippen LogP contribution is 2.23. The first-order chi connectivity index (χ1) is 16.2. The number of aryl methyl sites for hydroxylation is 1. The lowest BCUT2D eigenvalue weighted by atomic mass is 10.0. The molecular formula is C27H28N4O2. The first-order valence-corrected chi connectivity index (χ1v) is 11.4. The van der Waals surface area contributed by atoms with E-state index in [9.17, 15) is 4.79 Å². The lowest BCUT2D eigenvalue weighted by Gasteiger charge is -2.32. The largest absolute Gasteiger partial charge is 0.463 e. The van der Waals surface area contributed by atoms with Gasteiger partial charge in [0.2, 0.25) is 0 Å². The van der Waals surface area contributed by atoms with Crippen molar-refractivity contribution in [3.63, 3.8) is 0 Å². The van der Waals surface area contributed by atoms with E-state index in [-0.39, 0.29) is 11.9 Å². The smallest absolute Gasteiger partial charge is 0.270 e. The third kappa shape index (κ3) is 4.91. The number of furan rings is 1. The molecule has 6 nitrogen and oxygen atoms in total. The van der Waals surface area contributed by atoms with Gasteiger partial charge < -0.3 is 9.73 Å². The number of likely N-dealkylation sites (tertiary alicyclic amines) is 1. The fourth-order valence-corrected chi connectivity index (χ4v) is 4.38. The molecule has 0 aliphatic carbocycles. The summed E-state index contributed by atoms with van der Waals surface area (Å²) in [6, 6.07) is 24.2. The zero-order chi connectivity index (χ0) is 22.6. The number of carbonyl (C=O) groups is 1. The fourth-order valence-electron chi connectivity index (χ4n) is 4.38. The van der Waals surface area contributed by atoms with E-state index >= 15 is 0 Å². The molecule has 1 aliphatic rings. The number of hydrogen-bond acceptors (Lipinski definition) is 4. The zero-order valence-corrected chi connectivity index (χ0v) is 18.8. The maximum absolute atomic E-state index is 13.3. The summed E-state index contributed by atoms with van der Waals surface area (Å²) < 4.78 is 7.24. The number of nitrogens with zero attached hydrogens (tertiary/aromatic N) is 3. The van der Waals surface area contributed by atoms with Crippen molar-refractivity contribution in [2.75, 3.05) is 13.1 Å². The van der Waals surface area contributed by atoms with Gasteiger partial charge in [-0.05, 0) is 55.2 Å². The molecule has 33 heavy (non-hydrogen) atoms. The Labute approximate surface area is 193 Å². The van der Waals surface area contributed by atoms with Gasteiger partial charge in [-0.3, -0.25) is 9.69 Å². The molecule has 6 heteroatoms. The molecule has 0 atom stereocenters. The number of rotatable bonds is 6. The lowest BCUT2D eigenvalue weighted by molar-refractivity contribution is 0.0901. The van der Waals surface area contributed by atoms with Crippen molar-refractivity contribution >= 4 is 5.91 Å². The highest BCUT2D eigenvalue weighted by molar-refractivity contribution is 5.94. The Bertz CT molecular complexity index is 1210. The summed E-state index contributed by atoms with van der Waals surface area (Å²) >= 11 is 0. The monoisotopic (exact) mass is 440 g/mol. The number of piperidine rings is 1. The van der Waals surface area contributed by atoms with Crippen LogP contribution in [0.4, 0.5) is 0 Å². The molecule has 2 aromatic heterocycles. The van der Waals surface area contributed by atoms with Crippen LogP contribution in [-0.2, 0) is 6.54 Å². The van der Waals surface area contributed by atoms with Crippen LogP contribution >= 0.6 is 0 Å². The van der Waals surface area contributed by atoms with Crippen LogP contribution < -0.4 is 5.32 Å². The topological polar surface area (TPSA) is 63.3 Å². The van der Waals surface area contributed by atoms with Crippen molar-refractivity contribution < 1.29 is 9.21 Å². The van der Waals surface area contributed by atoms with Crippen molar-refractivity contribution in [2.24, 2.45) is 0 Å². The minimum Gasteiger partial charge on any atom is -0.463 e. The molecule has 4 aromatic rings. The Hall–Kier alpha value is -3.64. The molecular weight excluding hydrogens is 412 g/mol. The highest BCUT2D eigenvalue weighted by atomic mass is 16.3. The maximum atomic E-state index is 13.3. The van der Waals surface area contributed by atoms with Crippen molar-refractivity contribution in [3.8, 4) is 17.1 Å². The minimum absolute atomic E-state index is 0.108. The van der Waals surface area contributed by atoms with E-state index in [0.29, 0.717) is 17.1 Å². The lowest BCUT2D eigenvalue weighted by Crippen LogP contribution is -2.44. The average Bonchev–Trinajstić information content (AvgIpc) is 3.51. The predicted molar refractivity (Wildman–Crippen MR) is 128 cm³/mol. The van der Waals surface area contributed by atoms with Crippen LogP contribution in [0, 0.1) is 6.92 Å². The number of amides is 1. The van der Waals surface area contributed by atoms with E-state index in [1.807, 2.05) is 49.4 Å². The normalized spacial score (nSPS) is 14.9. The van der Waals surface area contributed by atoms with Crippen LogP contribution in [0.5, 0.6) is 0 Å². The highest BCUT2D eigenvalue weighted by Gasteiger charge is 2.24. The Morgan fingerprint density at radius 1 is 1.03 bits per heavy atom. The molecule has 0 saturated carbocycles. The molecule has 1 N–H and O–H groups in total. The summed E-state index contributed by atoms with van der Waals surface area (Å²) in [6.07, 6.45) is 3.48. The molecule has 1 aliphatic heterocycles. The summed E-state index contributed by atoms with van der Waals surface area (Å²) in [5.74, 6) is 0.535. The summed E-state index contributed by atoms with van der Waals surface area (Å²) in [6.45, 7) is 4.92. The van der Waals surface area contributed by atoms with Crippen LogP contribution in [0.25, 0.3) is 17.1 Å². The Morgan fingerprint density at radius 2 is 1.85 bits per heavy atom. The van der Waals surface area contributed by atoms with Gasteiger partial charge in [0.05, 0.1) is 12.0 Å². The Balaban J connectivity index is 1.30. The second kappa shape index (κ2) is 9.46. The van der Waals surface area contributed by atoms with Crippen molar-refractivity contribution in [1.82, 2.24) is 20.0 Å². The number of nitrogens with one attached hydrogen (secondary N) is 1. The van der Waals surface area contributed by atoms with E-state index in [1.165, 1.54) is 5.56 Å². The number of benzene rings is 2. The van der Waals surface area contributed by atoms with Crippen LogP contribution in [0.15, 0.2) is 83.5 Å². The molecule has 1 fully saturated rings. The maximum Gasteiger partial charge on any atom is 0.270 e. The SMILES string of the molecule is Cc1cccc(-n2nc(-c3ccco3)cc2C(=O)NC2CCN(Cc3ccccc3)CC2)c1. The summed E-state index contributed by atoms with van der Waals surface area (Å²) in [5.41, 5.74) is 4.45. The van der Waals surface area contributed by atoms with Gasteiger partial charge in [0, 0.05) is 31.7 Å². The molecule has 1 saturated heterocycles. The predicted octanol–water partition coefficient (Wildman–Crippen LogP) is 4.84. The molecule has 0 spiro atoms. The molecule has 168 valence electrons. The van der Waals surface area contributed by atoms with Gasteiger partial charge in [0.15, 0.2) is 5.76 Å². The number of aromatic nitrogens is 2. The molecule has 0 radical (unpaired) electrons. The van der Waals surface area contributed by atoms with Gasteiger partial charge in [0.1, 0.15) is 11.4 Å². The van der Waals surface area contributed by atoms with Crippen molar-refractivity contribution in [2.45, 2.75) is 32.4 Å². The molecule has 2 aromatic carbocycles. The van der Waals surface area contributed by atoms with E-state index in [1.54, 1.807) is 17.0 Å². The standard InChI is InChI=1S/C27H28N4O2/c1-20-7-5-10-23(17-20)31-25(18-24(29-31)26-11-6-16-33-26)27(32)28-22-12-14-30(15-13-22)19-21-8-3-2-4-9-21/h2-11,16-18,22H,12-15,19H2,1H3,(H,28,32). The van der Waals surface area contributed by atoms with Gasteiger partial charge >= 0.3 is 0 Å². The van der Waals surface area contributed by atoms with Crippen LogP contribution in [-0.4, -0.2) is 39.7 Å². The molecule has 1 amide bonds. The number of hydrogen-bond donors (Lipinski definition) is 1. The second-order valence-electron chi connectivity index (χ2n) is 8.65. The quantitative estimate of drug-likeness (QED) is 0.466. The summed E-state index contributed by atoms with van der Waals surface area (Å²) in [5, 5.41) is 7.94. The van der Waals surface area contributed by atoms with Crippen LogP contribution in [0.1, 0.15) is 34.5 Å². The van der Waals surface area contributed by atoms with Gasteiger partial charge in [-0.2, -0.15) is 5.10 Å². The van der Waals surface area contributed by atoms with E-state index in [0.717, 1.165) is 43.7 Å². The van der Waals surface area contributed by atoms with Gasteiger partial charge in [-0.25, -0.2) is 4.68 Å². The van der Waals surface area contributed by atoms with Crippen LogP contribution in [0.3, 0.4) is 0 Å². The zero-order valence-electron chi connectivity index (χ0n) is 18.8. The van der Waals surface area contributed by atoms with Crippen LogP contribution in [0.2, 0.25) is 0 Å². The molecule has 5 rings (SSSR count). The second-order valence-corrected chi connectivity index (χ2v) is 8.65.